The van der Waals surface area contributed by atoms with Crippen molar-refractivity contribution in [3.63, 3.8) is 0 Å². The molecule has 0 aliphatic carbocycles. The standard InChI is InChI=1S/C11H21NO4/c1-4-8(2)10(11(14)15)12-9(13)6-5-7-16-3/h8,10H,4-7H2,1-3H3,(H,12,13)(H,14,15)/t8-,10-/m0/s1. The van der Waals surface area contributed by atoms with E-state index < -0.39 is 12.0 Å². The number of rotatable bonds is 8. The van der Waals surface area contributed by atoms with Crippen molar-refractivity contribution in [1.82, 2.24) is 5.32 Å². The molecule has 0 aromatic rings. The minimum atomic E-state index is -0.977. The molecule has 2 N–H and O–H groups in total. The molecule has 5 nitrogen and oxygen atoms in total. The Hall–Kier alpha value is -1.10. The molecule has 0 aliphatic rings. The molecule has 0 saturated carbocycles. The average molecular weight is 231 g/mol. The molecule has 16 heavy (non-hydrogen) atoms. The summed E-state index contributed by atoms with van der Waals surface area (Å²) >= 11 is 0. The molecule has 0 heterocycles. The summed E-state index contributed by atoms with van der Waals surface area (Å²) in [6.07, 6.45) is 1.62. The van der Waals surface area contributed by atoms with Crippen LogP contribution in [0.4, 0.5) is 0 Å². The van der Waals surface area contributed by atoms with E-state index in [0.717, 1.165) is 6.42 Å². The number of aliphatic carboxylic acids is 1. The maximum absolute atomic E-state index is 11.4. The maximum atomic E-state index is 11.4. The summed E-state index contributed by atoms with van der Waals surface area (Å²) in [4.78, 5) is 22.3. The number of nitrogens with one attached hydrogen (secondary N) is 1. The summed E-state index contributed by atoms with van der Waals surface area (Å²) in [5.41, 5.74) is 0. The second-order valence-corrected chi connectivity index (χ2v) is 3.87. The molecule has 0 unspecified atom stereocenters. The van der Waals surface area contributed by atoms with Crippen molar-refractivity contribution in [3.05, 3.63) is 0 Å². The van der Waals surface area contributed by atoms with E-state index in [4.69, 9.17) is 9.84 Å². The first kappa shape index (κ1) is 14.9. The Morgan fingerprint density at radius 2 is 2.06 bits per heavy atom. The van der Waals surface area contributed by atoms with Gasteiger partial charge in [0.25, 0.3) is 0 Å². The van der Waals surface area contributed by atoms with Crippen LogP contribution in [0.3, 0.4) is 0 Å². The van der Waals surface area contributed by atoms with Crippen molar-refractivity contribution in [3.8, 4) is 0 Å². The zero-order valence-electron chi connectivity index (χ0n) is 10.2. The van der Waals surface area contributed by atoms with Gasteiger partial charge in [0.2, 0.25) is 5.91 Å². The highest BCUT2D eigenvalue weighted by atomic mass is 16.5. The van der Waals surface area contributed by atoms with E-state index in [9.17, 15) is 9.59 Å². The smallest absolute Gasteiger partial charge is 0.326 e. The predicted octanol–water partition coefficient (Wildman–Crippen LogP) is 1.03. The number of amides is 1. The third-order valence-corrected chi connectivity index (χ3v) is 2.55. The first-order valence-electron chi connectivity index (χ1n) is 5.54. The van der Waals surface area contributed by atoms with Crippen molar-refractivity contribution in [2.24, 2.45) is 5.92 Å². The van der Waals surface area contributed by atoms with Crippen LogP contribution in [-0.4, -0.2) is 36.7 Å². The lowest BCUT2D eigenvalue weighted by Gasteiger charge is -2.20. The maximum Gasteiger partial charge on any atom is 0.326 e. The Kier molecular flexibility index (Phi) is 7.54. The lowest BCUT2D eigenvalue weighted by Crippen LogP contribution is -2.45. The normalized spacial score (nSPS) is 14.2. The highest BCUT2D eigenvalue weighted by molar-refractivity contribution is 5.83. The highest BCUT2D eigenvalue weighted by Crippen LogP contribution is 2.08. The van der Waals surface area contributed by atoms with Crippen LogP contribution in [0.15, 0.2) is 0 Å². The SMILES string of the molecule is CC[C@H](C)[C@H](NC(=O)CCCOC)C(=O)O. The number of carboxylic acids is 1. The van der Waals surface area contributed by atoms with Gasteiger partial charge in [-0.3, -0.25) is 4.79 Å². The van der Waals surface area contributed by atoms with Crippen molar-refractivity contribution >= 4 is 11.9 Å². The summed E-state index contributed by atoms with van der Waals surface area (Å²) in [7, 11) is 1.57. The fourth-order valence-corrected chi connectivity index (χ4v) is 1.31. The van der Waals surface area contributed by atoms with Gasteiger partial charge in [0.05, 0.1) is 0 Å². The van der Waals surface area contributed by atoms with Gasteiger partial charge < -0.3 is 15.2 Å². The Bertz CT molecular complexity index is 230. The first-order chi connectivity index (χ1) is 7.52. The second-order valence-electron chi connectivity index (χ2n) is 3.87. The summed E-state index contributed by atoms with van der Waals surface area (Å²) in [6.45, 7) is 4.22. The van der Waals surface area contributed by atoms with Crippen LogP contribution in [0.25, 0.3) is 0 Å². The van der Waals surface area contributed by atoms with Gasteiger partial charge in [0, 0.05) is 20.1 Å². The third-order valence-electron chi connectivity index (χ3n) is 2.55. The largest absolute Gasteiger partial charge is 0.480 e. The number of carbonyl (C=O) groups excluding carboxylic acids is 1. The van der Waals surface area contributed by atoms with Crippen molar-refractivity contribution in [2.45, 2.75) is 39.2 Å². The van der Waals surface area contributed by atoms with E-state index in [1.807, 2.05) is 13.8 Å². The summed E-state index contributed by atoms with van der Waals surface area (Å²) in [5.74, 6) is -1.27. The molecule has 5 heteroatoms. The van der Waals surface area contributed by atoms with Gasteiger partial charge in [-0.05, 0) is 12.3 Å². The second kappa shape index (κ2) is 8.10. The van der Waals surface area contributed by atoms with Crippen molar-refractivity contribution in [1.29, 1.82) is 0 Å². The number of ether oxygens (including phenoxy) is 1. The van der Waals surface area contributed by atoms with Gasteiger partial charge in [0.1, 0.15) is 6.04 Å². The van der Waals surface area contributed by atoms with Gasteiger partial charge in [-0.1, -0.05) is 20.3 Å². The van der Waals surface area contributed by atoms with Crippen LogP contribution in [0.1, 0.15) is 33.1 Å². The average Bonchev–Trinajstić information content (AvgIpc) is 2.25. The summed E-state index contributed by atoms with van der Waals surface area (Å²) < 4.78 is 4.82. The first-order valence-corrected chi connectivity index (χ1v) is 5.54. The minimum Gasteiger partial charge on any atom is -0.480 e. The molecule has 0 rings (SSSR count). The van der Waals surface area contributed by atoms with Gasteiger partial charge in [-0.2, -0.15) is 0 Å². The van der Waals surface area contributed by atoms with Crippen molar-refractivity contribution < 1.29 is 19.4 Å². The number of carboxylic acid groups (broad SMARTS) is 1. The van der Waals surface area contributed by atoms with Crippen LogP contribution in [0, 0.1) is 5.92 Å². The van der Waals surface area contributed by atoms with Crippen LogP contribution in [-0.2, 0) is 14.3 Å². The molecule has 2 atom stereocenters. The zero-order chi connectivity index (χ0) is 12.6. The van der Waals surface area contributed by atoms with E-state index in [-0.39, 0.29) is 11.8 Å². The van der Waals surface area contributed by atoms with Gasteiger partial charge >= 0.3 is 5.97 Å². The molecule has 1 amide bonds. The van der Waals surface area contributed by atoms with E-state index >= 15 is 0 Å². The van der Waals surface area contributed by atoms with Crippen LogP contribution in [0.5, 0.6) is 0 Å². The molecular weight excluding hydrogens is 210 g/mol. The molecule has 0 radical (unpaired) electrons. The predicted molar refractivity (Wildman–Crippen MR) is 60.1 cm³/mol. The van der Waals surface area contributed by atoms with E-state index in [0.29, 0.717) is 19.4 Å². The fraction of sp³-hybridized carbons (Fsp3) is 0.818. The molecule has 0 fully saturated rings. The van der Waals surface area contributed by atoms with Crippen LogP contribution in [0.2, 0.25) is 0 Å². The molecule has 0 saturated heterocycles. The Labute approximate surface area is 96.2 Å². The molecular formula is C11H21NO4. The summed E-state index contributed by atoms with van der Waals surface area (Å²) in [6, 6.07) is -0.792. The van der Waals surface area contributed by atoms with Gasteiger partial charge in [0.15, 0.2) is 0 Å². The van der Waals surface area contributed by atoms with Crippen LogP contribution >= 0.6 is 0 Å². The molecule has 0 aliphatic heterocycles. The summed E-state index contributed by atoms with van der Waals surface area (Å²) in [5, 5.41) is 11.5. The molecule has 94 valence electrons. The Morgan fingerprint density at radius 1 is 1.44 bits per heavy atom. The fourth-order valence-electron chi connectivity index (χ4n) is 1.31. The van der Waals surface area contributed by atoms with Crippen LogP contribution < -0.4 is 5.32 Å². The van der Waals surface area contributed by atoms with E-state index in [1.54, 1.807) is 7.11 Å². The molecule has 0 aromatic heterocycles. The minimum absolute atomic E-state index is 0.0659. The lowest BCUT2D eigenvalue weighted by molar-refractivity contribution is -0.143. The number of carbonyl (C=O) groups is 2. The van der Waals surface area contributed by atoms with E-state index in [1.165, 1.54) is 0 Å². The Balaban J connectivity index is 4.09. The number of methoxy groups -OCH3 is 1. The quantitative estimate of drug-likeness (QED) is 0.612. The third kappa shape index (κ3) is 5.70. The monoisotopic (exact) mass is 231 g/mol. The molecule has 0 spiro atoms. The van der Waals surface area contributed by atoms with Crippen molar-refractivity contribution in [2.75, 3.05) is 13.7 Å². The topological polar surface area (TPSA) is 75.6 Å². The molecule has 0 bridgehead atoms. The Morgan fingerprint density at radius 3 is 2.50 bits per heavy atom. The zero-order valence-corrected chi connectivity index (χ0v) is 10.2. The molecule has 0 aromatic carbocycles. The number of hydrogen-bond donors (Lipinski definition) is 2. The number of hydrogen-bond acceptors (Lipinski definition) is 3. The van der Waals surface area contributed by atoms with Gasteiger partial charge in [-0.15, -0.1) is 0 Å². The van der Waals surface area contributed by atoms with Gasteiger partial charge in [-0.25, -0.2) is 4.79 Å². The highest BCUT2D eigenvalue weighted by Gasteiger charge is 2.24. The lowest BCUT2D eigenvalue weighted by atomic mass is 9.99. The van der Waals surface area contributed by atoms with E-state index in [2.05, 4.69) is 5.32 Å².